The Kier molecular flexibility index (Phi) is 4.07. The standard InChI is InChI=1S/C19H13NO3S/c20-13-16(24(22,23)15-7-2-1-3-8-15)12-18-17-9-5-4-6-14(17)10-11-19(18)21/h1-12,21H. The molecule has 0 radical (unpaired) electrons. The van der Waals surface area contributed by atoms with Crippen molar-refractivity contribution in [2.75, 3.05) is 0 Å². The van der Waals surface area contributed by atoms with E-state index in [1.165, 1.54) is 24.3 Å². The number of rotatable bonds is 3. The van der Waals surface area contributed by atoms with Crippen LogP contribution in [-0.2, 0) is 9.84 Å². The van der Waals surface area contributed by atoms with Crippen molar-refractivity contribution in [3.05, 3.63) is 77.2 Å². The van der Waals surface area contributed by atoms with E-state index in [1.807, 2.05) is 12.1 Å². The van der Waals surface area contributed by atoms with Crippen LogP contribution < -0.4 is 0 Å². The van der Waals surface area contributed by atoms with E-state index in [-0.39, 0.29) is 10.6 Å². The Morgan fingerprint density at radius 1 is 0.958 bits per heavy atom. The average molecular weight is 335 g/mol. The van der Waals surface area contributed by atoms with E-state index in [4.69, 9.17) is 0 Å². The van der Waals surface area contributed by atoms with Crippen LogP contribution in [0, 0.1) is 11.3 Å². The zero-order valence-corrected chi connectivity index (χ0v) is 13.4. The number of aromatic hydroxyl groups is 1. The lowest BCUT2D eigenvalue weighted by atomic mass is 10.0. The molecule has 0 saturated carbocycles. The number of sulfone groups is 1. The first kappa shape index (κ1) is 15.8. The molecule has 0 spiro atoms. The van der Waals surface area contributed by atoms with Crippen molar-refractivity contribution in [2.45, 2.75) is 4.90 Å². The molecule has 0 amide bonds. The summed E-state index contributed by atoms with van der Waals surface area (Å²) < 4.78 is 25.3. The number of hydrogen-bond acceptors (Lipinski definition) is 4. The predicted octanol–water partition coefficient (Wildman–Crippen LogP) is 3.88. The molecular formula is C19H13NO3S. The van der Waals surface area contributed by atoms with Gasteiger partial charge in [0, 0.05) is 5.56 Å². The third-order valence-electron chi connectivity index (χ3n) is 3.68. The molecule has 0 fully saturated rings. The zero-order valence-electron chi connectivity index (χ0n) is 12.5. The van der Waals surface area contributed by atoms with Crippen molar-refractivity contribution in [1.29, 1.82) is 5.26 Å². The number of hydrogen-bond donors (Lipinski definition) is 1. The molecule has 3 rings (SSSR count). The van der Waals surface area contributed by atoms with E-state index in [1.54, 1.807) is 42.5 Å². The van der Waals surface area contributed by atoms with Crippen molar-refractivity contribution in [3.63, 3.8) is 0 Å². The van der Waals surface area contributed by atoms with E-state index in [2.05, 4.69) is 0 Å². The van der Waals surface area contributed by atoms with Gasteiger partial charge in [-0.3, -0.25) is 0 Å². The molecule has 4 nitrogen and oxygen atoms in total. The van der Waals surface area contributed by atoms with Crippen molar-refractivity contribution in [1.82, 2.24) is 0 Å². The maximum Gasteiger partial charge on any atom is 0.216 e. The monoisotopic (exact) mass is 335 g/mol. The lowest BCUT2D eigenvalue weighted by molar-refractivity contribution is 0.475. The molecule has 0 heterocycles. The third kappa shape index (κ3) is 2.75. The molecule has 3 aromatic rings. The van der Waals surface area contributed by atoms with Crippen LogP contribution in [0.3, 0.4) is 0 Å². The Labute approximate surface area is 139 Å². The molecule has 118 valence electrons. The average Bonchev–Trinajstić information content (AvgIpc) is 2.61. The maximum absolute atomic E-state index is 12.6. The Hall–Kier alpha value is -3.10. The highest BCUT2D eigenvalue weighted by Gasteiger charge is 2.21. The van der Waals surface area contributed by atoms with Crippen LogP contribution in [0.5, 0.6) is 5.75 Å². The number of nitrogens with zero attached hydrogens (tertiary/aromatic N) is 1. The minimum atomic E-state index is -3.95. The van der Waals surface area contributed by atoms with E-state index in [0.717, 1.165) is 5.39 Å². The molecule has 3 aromatic carbocycles. The van der Waals surface area contributed by atoms with Crippen LogP contribution in [0.2, 0.25) is 0 Å². The highest BCUT2D eigenvalue weighted by Crippen LogP contribution is 2.31. The van der Waals surface area contributed by atoms with Crippen LogP contribution in [0.15, 0.2) is 76.5 Å². The first-order valence-corrected chi connectivity index (χ1v) is 8.65. The van der Waals surface area contributed by atoms with Crippen molar-refractivity contribution >= 4 is 26.7 Å². The molecule has 0 atom stereocenters. The summed E-state index contributed by atoms with van der Waals surface area (Å²) in [4.78, 5) is -0.377. The second kappa shape index (κ2) is 6.19. The summed E-state index contributed by atoms with van der Waals surface area (Å²) in [6.07, 6.45) is 1.22. The fraction of sp³-hybridized carbons (Fsp3) is 0. The molecular weight excluding hydrogens is 322 g/mol. The smallest absolute Gasteiger partial charge is 0.216 e. The molecule has 5 heteroatoms. The van der Waals surface area contributed by atoms with Gasteiger partial charge in [0.25, 0.3) is 0 Å². The Bertz CT molecular complexity index is 1080. The largest absolute Gasteiger partial charge is 0.507 e. The Morgan fingerprint density at radius 3 is 2.33 bits per heavy atom. The first-order valence-electron chi connectivity index (χ1n) is 7.16. The minimum absolute atomic E-state index is 0.0394. The number of phenols is 1. The van der Waals surface area contributed by atoms with Gasteiger partial charge in [0.2, 0.25) is 9.84 Å². The molecule has 0 unspecified atom stereocenters. The Balaban J connectivity index is 2.24. The highest BCUT2D eigenvalue weighted by molar-refractivity contribution is 7.95. The summed E-state index contributed by atoms with van der Waals surface area (Å²) >= 11 is 0. The summed E-state index contributed by atoms with van der Waals surface area (Å²) in [6.45, 7) is 0. The van der Waals surface area contributed by atoms with Gasteiger partial charge >= 0.3 is 0 Å². The quantitative estimate of drug-likeness (QED) is 0.737. The zero-order chi connectivity index (χ0) is 17.2. The van der Waals surface area contributed by atoms with Gasteiger partial charge in [-0.15, -0.1) is 0 Å². The van der Waals surface area contributed by atoms with Crippen molar-refractivity contribution < 1.29 is 13.5 Å². The fourth-order valence-electron chi connectivity index (χ4n) is 2.46. The fourth-order valence-corrected chi connectivity index (χ4v) is 3.63. The predicted molar refractivity (Wildman–Crippen MR) is 92.8 cm³/mol. The lowest BCUT2D eigenvalue weighted by Gasteiger charge is -2.07. The van der Waals surface area contributed by atoms with Crippen LogP contribution in [0.25, 0.3) is 16.8 Å². The number of fused-ring (bicyclic) bond motifs is 1. The molecule has 0 bridgehead atoms. The van der Waals surface area contributed by atoms with Gasteiger partial charge in [0.15, 0.2) is 0 Å². The van der Waals surface area contributed by atoms with Gasteiger partial charge in [0.05, 0.1) is 4.90 Å². The second-order valence-corrected chi connectivity index (χ2v) is 7.07. The minimum Gasteiger partial charge on any atom is -0.507 e. The van der Waals surface area contributed by atoms with Crippen molar-refractivity contribution in [2.24, 2.45) is 0 Å². The molecule has 0 saturated heterocycles. The summed E-state index contributed by atoms with van der Waals surface area (Å²) in [5.41, 5.74) is 0.309. The topological polar surface area (TPSA) is 78.2 Å². The number of benzene rings is 3. The second-order valence-electron chi connectivity index (χ2n) is 5.16. The number of phenolic OH excluding ortho intramolecular Hbond substituents is 1. The number of allylic oxidation sites excluding steroid dienone is 1. The van der Waals surface area contributed by atoms with Gasteiger partial charge in [-0.2, -0.15) is 5.26 Å². The third-order valence-corrected chi connectivity index (χ3v) is 5.36. The summed E-state index contributed by atoms with van der Waals surface area (Å²) in [6, 6.07) is 20.0. The Morgan fingerprint density at radius 2 is 1.62 bits per heavy atom. The van der Waals surface area contributed by atoms with Crippen LogP contribution in [0.4, 0.5) is 0 Å². The van der Waals surface area contributed by atoms with Crippen molar-refractivity contribution in [3.8, 4) is 11.8 Å². The molecule has 0 aliphatic rings. The molecule has 24 heavy (non-hydrogen) atoms. The van der Waals surface area contributed by atoms with E-state index >= 15 is 0 Å². The first-order chi connectivity index (χ1) is 11.5. The number of nitriles is 1. The van der Waals surface area contributed by atoms with Gasteiger partial charge in [-0.05, 0) is 35.0 Å². The van der Waals surface area contributed by atoms with E-state index < -0.39 is 14.7 Å². The maximum atomic E-state index is 12.6. The van der Waals surface area contributed by atoms with E-state index in [0.29, 0.717) is 10.9 Å². The van der Waals surface area contributed by atoms with Gasteiger partial charge in [0.1, 0.15) is 16.7 Å². The normalized spacial score (nSPS) is 12.0. The molecule has 1 N–H and O–H groups in total. The molecule has 0 aliphatic carbocycles. The highest BCUT2D eigenvalue weighted by atomic mass is 32.2. The summed E-state index contributed by atoms with van der Waals surface area (Å²) in [5, 5.41) is 21.0. The van der Waals surface area contributed by atoms with Crippen LogP contribution in [-0.4, -0.2) is 13.5 Å². The van der Waals surface area contributed by atoms with Gasteiger partial charge in [-0.25, -0.2) is 8.42 Å². The summed E-state index contributed by atoms with van der Waals surface area (Å²) in [7, 11) is -3.95. The summed E-state index contributed by atoms with van der Waals surface area (Å²) in [5.74, 6) is -0.0790. The van der Waals surface area contributed by atoms with Crippen LogP contribution >= 0.6 is 0 Å². The van der Waals surface area contributed by atoms with Gasteiger partial charge < -0.3 is 5.11 Å². The van der Waals surface area contributed by atoms with E-state index in [9.17, 15) is 18.8 Å². The van der Waals surface area contributed by atoms with Gasteiger partial charge in [-0.1, -0.05) is 48.5 Å². The SMILES string of the molecule is N#CC(=Cc1c(O)ccc2ccccc12)S(=O)(=O)c1ccccc1. The molecule has 0 aromatic heterocycles. The lowest BCUT2D eigenvalue weighted by Crippen LogP contribution is -2.03. The van der Waals surface area contributed by atoms with Crippen LogP contribution in [0.1, 0.15) is 5.56 Å². The molecule has 0 aliphatic heterocycles.